The molecule has 2 saturated heterocycles. The van der Waals surface area contributed by atoms with Crippen molar-refractivity contribution in [3.63, 3.8) is 0 Å². The zero-order chi connectivity index (χ0) is 17.5. The molecular formula is C16H26N6O2. The predicted octanol–water partition coefficient (Wildman–Crippen LogP) is 0.690. The summed E-state index contributed by atoms with van der Waals surface area (Å²) >= 11 is 0. The van der Waals surface area contributed by atoms with Gasteiger partial charge in [0.25, 0.3) is 5.91 Å². The summed E-state index contributed by atoms with van der Waals surface area (Å²) in [5.74, 6) is 1.57. The molecule has 2 fully saturated rings. The molecule has 0 spiro atoms. The predicted molar refractivity (Wildman–Crippen MR) is 88.4 cm³/mol. The van der Waals surface area contributed by atoms with Crippen molar-refractivity contribution in [2.24, 2.45) is 0 Å². The Labute approximate surface area is 142 Å². The Morgan fingerprint density at radius 3 is 2.58 bits per heavy atom. The summed E-state index contributed by atoms with van der Waals surface area (Å²) < 4.78 is 1.95. The minimum atomic E-state index is -0.795. The van der Waals surface area contributed by atoms with Crippen molar-refractivity contribution in [3.05, 3.63) is 11.6 Å². The monoisotopic (exact) mass is 334 g/mol. The van der Waals surface area contributed by atoms with Crippen LogP contribution in [0.1, 0.15) is 38.3 Å². The Balaban J connectivity index is 1.59. The van der Waals surface area contributed by atoms with Crippen LogP contribution in [0.4, 0.5) is 4.79 Å². The zero-order valence-corrected chi connectivity index (χ0v) is 14.9. The van der Waals surface area contributed by atoms with E-state index in [4.69, 9.17) is 0 Å². The van der Waals surface area contributed by atoms with E-state index in [1.165, 1.54) is 4.90 Å². The van der Waals surface area contributed by atoms with E-state index in [1.807, 2.05) is 18.5 Å². The number of hydrogen-bond acceptors (Lipinski definition) is 5. The number of nitrogens with one attached hydrogen (secondary N) is 1. The van der Waals surface area contributed by atoms with Crippen LogP contribution < -0.4 is 5.32 Å². The molecule has 1 N–H and O–H groups in total. The van der Waals surface area contributed by atoms with Gasteiger partial charge in [-0.05, 0) is 47.1 Å². The first-order valence-corrected chi connectivity index (χ1v) is 8.54. The molecule has 0 radical (unpaired) electrons. The second kappa shape index (κ2) is 6.16. The average molecular weight is 334 g/mol. The molecule has 0 bridgehead atoms. The lowest BCUT2D eigenvalue weighted by Gasteiger charge is -2.26. The number of amides is 3. The SMILES string of the molecule is Cc1nc(C)n(C[C@H]2CCCN2CCN2C(=O)NC(C)(C)C2=O)n1. The largest absolute Gasteiger partial charge is 0.325 e. The normalized spacial score (nSPS) is 24.0. The third-order valence-corrected chi connectivity index (χ3v) is 4.90. The summed E-state index contributed by atoms with van der Waals surface area (Å²) in [7, 11) is 0. The van der Waals surface area contributed by atoms with E-state index in [2.05, 4.69) is 20.3 Å². The molecule has 1 aromatic heterocycles. The first kappa shape index (κ1) is 16.9. The highest BCUT2D eigenvalue weighted by molar-refractivity contribution is 6.06. The maximum Gasteiger partial charge on any atom is 0.325 e. The lowest BCUT2D eigenvalue weighted by molar-refractivity contribution is -0.130. The Bertz CT molecular complexity index is 653. The molecule has 3 heterocycles. The average Bonchev–Trinajstić information content (AvgIpc) is 3.10. The van der Waals surface area contributed by atoms with E-state index < -0.39 is 5.54 Å². The molecule has 132 valence electrons. The van der Waals surface area contributed by atoms with Crippen LogP contribution in [0.25, 0.3) is 0 Å². The summed E-state index contributed by atoms with van der Waals surface area (Å²) in [6, 6.07) is 0.0852. The van der Waals surface area contributed by atoms with Crippen molar-refractivity contribution in [2.45, 2.75) is 58.7 Å². The molecule has 3 amide bonds. The van der Waals surface area contributed by atoms with Gasteiger partial charge in [-0.15, -0.1) is 0 Å². The Hall–Kier alpha value is -1.96. The highest BCUT2D eigenvalue weighted by atomic mass is 16.2. The Morgan fingerprint density at radius 1 is 1.25 bits per heavy atom. The first-order chi connectivity index (χ1) is 11.3. The highest BCUT2D eigenvalue weighted by Crippen LogP contribution is 2.21. The van der Waals surface area contributed by atoms with Crippen molar-refractivity contribution in [1.82, 2.24) is 29.9 Å². The number of aromatic nitrogens is 3. The van der Waals surface area contributed by atoms with E-state index >= 15 is 0 Å². The number of nitrogens with zero attached hydrogens (tertiary/aromatic N) is 5. The van der Waals surface area contributed by atoms with Gasteiger partial charge in [-0.1, -0.05) is 0 Å². The molecule has 1 aromatic rings. The molecule has 0 aliphatic carbocycles. The van der Waals surface area contributed by atoms with E-state index in [0.29, 0.717) is 19.1 Å². The van der Waals surface area contributed by atoms with Gasteiger partial charge in [0, 0.05) is 19.1 Å². The van der Waals surface area contributed by atoms with E-state index in [-0.39, 0.29) is 11.9 Å². The van der Waals surface area contributed by atoms with Crippen molar-refractivity contribution >= 4 is 11.9 Å². The van der Waals surface area contributed by atoms with Crippen LogP contribution in [-0.4, -0.2) is 67.7 Å². The summed E-state index contributed by atoms with van der Waals surface area (Å²) in [5.41, 5.74) is -0.795. The van der Waals surface area contributed by atoms with Crippen LogP contribution in [0.3, 0.4) is 0 Å². The van der Waals surface area contributed by atoms with Crippen LogP contribution >= 0.6 is 0 Å². The minimum Gasteiger partial charge on any atom is -0.324 e. The molecule has 3 rings (SSSR count). The van der Waals surface area contributed by atoms with Gasteiger partial charge in [0.05, 0.1) is 6.54 Å². The molecule has 1 atom stereocenters. The standard InChI is InChI=1S/C16H26N6O2/c1-11-17-12(2)22(19-11)10-13-6-5-7-20(13)8-9-21-14(23)16(3,4)18-15(21)24/h13H,5-10H2,1-4H3,(H,18,24)/t13-/m1/s1. The second-order valence-electron chi connectivity index (χ2n) is 7.23. The van der Waals surface area contributed by atoms with Crippen molar-refractivity contribution < 1.29 is 9.59 Å². The summed E-state index contributed by atoms with van der Waals surface area (Å²) in [5, 5.41) is 7.17. The smallest absolute Gasteiger partial charge is 0.324 e. The number of rotatable bonds is 5. The molecular weight excluding hydrogens is 308 g/mol. The highest BCUT2D eigenvalue weighted by Gasteiger charge is 2.44. The fourth-order valence-electron chi connectivity index (χ4n) is 3.58. The number of carbonyl (C=O) groups is 2. The molecule has 0 unspecified atom stereocenters. The quantitative estimate of drug-likeness (QED) is 0.801. The minimum absolute atomic E-state index is 0.147. The number of urea groups is 1. The van der Waals surface area contributed by atoms with Gasteiger partial charge in [-0.3, -0.25) is 14.6 Å². The van der Waals surface area contributed by atoms with Gasteiger partial charge < -0.3 is 5.32 Å². The first-order valence-electron chi connectivity index (χ1n) is 8.54. The molecule has 8 nitrogen and oxygen atoms in total. The molecule has 2 aliphatic heterocycles. The molecule has 0 saturated carbocycles. The number of carbonyl (C=O) groups excluding carboxylic acids is 2. The van der Waals surface area contributed by atoms with Crippen LogP contribution in [-0.2, 0) is 11.3 Å². The Morgan fingerprint density at radius 2 is 2.00 bits per heavy atom. The molecule has 0 aromatic carbocycles. The van der Waals surface area contributed by atoms with Crippen molar-refractivity contribution in [1.29, 1.82) is 0 Å². The van der Waals surface area contributed by atoms with E-state index in [1.54, 1.807) is 13.8 Å². The van der Waals surface area contributed by atoms with Gasteiger partial charge >= 0.3 is 6.03 Å². The van der Waals surface area contributed by atoms with Crippen LogP contribution in [0.5, 0.6) is 0 Å². The van der Waals surface area contributed by atoms with Gasteiger partial charge in [0.15, 0.2) is 0 Å². The summed E-state index contributed by atoms with van der Waals surface area (Å²) in [6.07, 6.45) is 2.23. The molecule has 8 heteroatoms. The fraction of sp³-hybridized carbons (Fsp3) is 0.750. The number of hydrogen-bond donors (Lipinski definition) is 1. The lowest BCUT2D eigenvalue weighted by atomic mass is 10.1. The van der Waals surface area contributed by atoms with Crippen LogP contribution in [0.15, 0.2) is 0 Å². The number of aryl methyl sites for hydroxylation is 2. The second-order valence-corrected chi connectivity index (χ2v) is 7.23. The van der Waals surface area contributed by atoms with Gasteiger partial charge in [0.1, 0.15) is 17.2 Å². The van der Waals surface area contributed by atoms with Crippen LogP contribution in [0, 0.1) is 13.8 Å². The zero-order valence-electron chi connectivity index (χ0n) is 14.9. The molecule has 24 heavy (non-hydrogen) atoms. The summed E-state index contributed by atoms with van der Waals surface area (Å²) in [4.78, 5) is 32.3. The summed E-state index contributed by atoms with van der Waals surface area (Å²) in [6.45, 7) is 10.3. The van der Waals surface area contributed by atoms with Crippen LogP contribution in [0.2, 0.25) is 0 Å². The fourth-order valence-corrected chi connectivity index (χ4v) is 3.58. The Kier molecular flexibility index (Phi) is 4.33. The molecule has 2 aliphatic rings. The number of imide groups is 1. The van der Waals surface area contributed by atoms with Gasteiger partial charge in [0.2, 0.25) is 0 Å². The lowest BCUT2D eigenvalue weighted by Crippen LogP contribution is -2.43. The third-order valence-electron chi connectivity index (χ3n) is 4.90. The van der Waals surface area contributed by atoms with Gasteiger partial charge in [-0.25, -0.2) is 14.5 Å². The third kappa shape index (κ3) is 3.15. The maximum atomic E-state index is 12.3. The van der Waals surface area contributed by atoms with E-state index in [9.17, 15) is 9.59 Å². The maximum absolute atomic E-state index is 12.3. The van der Waals surface area contributed by atoms with E-state index in [0.717, 1.165) is 37.6 Å². The number of likely N-dealkylation sites (tertiary alicyclic amines) is 1. The van der Waals surface area contributed by atoms with Crippen molar-refractivity contribution in [2.75, 3.05) is 19.6 Å². The topological polar surface area (TPSA) is 83.4 Å². The van der Waals surface area contributed by atoms with Crippen molar-refractivity contribution in [3.8, 4) is 0 Å². The van der Waals surface area contributed by atoms with Gasteiger partial charge in [-0.2, -0.15) is 5.10 Å².